The summed E-state index contributed by atoms with van der Waals surface area (Å²) in [5.74, 6) is -0.992. The topological polar surface area (TPSA) is 96.7 Å². The van der Waals surface area contributed by atoms with Gasteiger partial charge in [-0.25, -0.2) is 4.39 Å². The number of hydrogen-bond acceptors (Lipinski definition) is 6. The Morgan fingerprint density at radius 1 is 1.16 bits per heavy atom. The van der Waals surface area contributed by atoms with E-state index in [4.69, 9.17) is 4.74 Å². The molecule has 0 radical (unpaired) electrons. The Bertz CT molecular complexity index is 994. The molecule has 0 spiro atoms. The SMILES string of the molecule is O=C(CCNc1ccc(C(F)(F)F)cc1[N+](=O)[O-])Nc1ccc(N2CCOCC2)c(F)c1. The summed E-state index contributed by atoms with van der Waals surface area (Å²) < 4.78 is 57.9. The van der Waals surface area contributed by atoms with E-state index in [0.29, 0.717) is 44.1 Å². The number of hydrogen-bond donors (Lipinski definition) is 2. The van der Waals surface area contributed by atoms with E-state index >= 15 is 0 Å². The molecule has 0 bridgehead atoms. The van der Waals surface area contributed by atoms with Crippen LogP contribution in [0.2, 0.25) is 0 Å². The van der Waals surface area contributed by atoms with Gasteiger partial charge in [-0.3, -0.25) is 14.9 Å². The average Bonchev–Trinajstić information content (AvgIpc) is 2.73. The minimum atomic E-state index is -4.71. The van der Waals surface area contributed by atoms with Crippen LogP contribution in [0.25, 0.3) is 0 Å². The number of alkyl halides is 3. The van der Waals surface area contributed by atoms with Gasteiger partial charge in [0.2, 0.25) is 5.91 Å². The van der Waals surface area contributed by atoms with Gasteiger partial charge in [0.05, 0.1) is 29.4 Å². The van der Waals surface area contributed by atoms with Gasteiger partial charge in [-0.15, -0.1) is 0 Å². The Morgan fingerprint density at radius 2 is 1.88 bits per heavy atom. The molecule has 1 heterocycles. The second-order valence-corrected chi connectivity index (χ2v) is 6.98. The van der Waals surface area contributed by atoms with Crippen LogP contribution in [0.15, 0.2) is 36.4 Å². The van der Waals surface area contributed by atoms with E-state index in [1.54, 1.807) is 12.1 Å². The van der Waals surface area contributed by atoms with Crippen molar-refractivity contribution >= 4 is 28.7 Å². The molecule has 32 heavy (non-hydrogen) atoms. The summed E-state index contributed by atoms with van der Waals surface area (Å²) in [6.45, 7) is 2.05. The lowest BCUT2D eigenvalue weighted by Crippen LogP contribution is -2.36. The zero-order valence-corrected chi connectivity index (χ0v) is 16.7. The molecule has 2 aromatic carbocycles. The molecular formula is C20H20F4N4O4. The van der Waals surface area contributed by atoms with Crippen LogP contribution in [0.1, 0.15) is 12.0 Å². The lowest BCUT2D eigenvalue weighted by Gasteiger charge is -2.29. The maximum Gasteiger partial charge on any atom is 0.416 e. The van der Waals surface area contributed by atoms with Crippen LogP contribution >= 0.6 is 0 Å². The summed E-state index contributed by atoms with van der Waals surface area (Å²) in [6.07, 6.45) is -4.86. The normalized spacial score (nSPS) is 14.2. The molecule has 2 aromatic rings. The van der Waals surface area contributed by atoms with Crippen LogP contribution in [0, 0.1) is 15.9 Å². The van der Waals surface area contributed by atoms with E-state index in [-0.39, 0.29) is 24.3 Å². The average molecular weight is 456 g/mol. The zero-order valence-electron chi connectivity index (χ0n) is 16.7. The van der Waals surface area contributed by atoms with Crippen LogP contribution in [0.4, 0.5) is 40.3 Å². The van der Waals surface area contributed by atoms with E-state index in [0.717, 1.165) is 6.07 Å². The number of amides is 1. The lowest BCUT2D eigenvalue weighted by molar-refractivity contribution is -0.384. The Balaban J connectivity index is 1.56. The van der Waals surface area contributed by atoms with Gasteiger partial charge in [0.25, 0.3) is 5.69 Å². The van der Waals surface area contributed by atoms with Gasteiger partial charge in [-0.1, -0.05) is 0 Å². The number of nitro groups is 1. The molecule has 1 saturated heterocycles. The second-order valence-electron chi connectivity index (χ2n) is 6.98. The highest BCUT2D eigenvalue weighted by Gasteiger charge is 2.33. The molecule has 1 aliphatic heterocycles. The van der Waals surface area contributed by atoms with Gasteiger partial charge in [0.1, 0.15) is 11.5 Å². The molecule has 3 rings (SSSR count). The molecule has 8 nitrogen and oxygen atoms in total. The molecule has 12 heteroatoms. The Hall–Kier alpha value is -3.41. The Labute approximate surface area is 180 Å². The minimum Gasteiger partial charge on any atom is -0.379 e. The van der Waals surface area contributed by atoms with Crippen LogP contribution in [-0.2, 0) is 15.7 Å². The largest absolute Gasteiger partial charge is 0.416 e. The molecule has 0 aliphatic carbocycles. The monoisotopic (exact) mass is 456 g/mol. The van der Waals surface area contributed by atoms with Crippen molar-refractivity contribution in [3.05, 3.63) is 57.9 Å². The highest BCUT2D eigenvalue weighted by atomic mass is 19.4. The second kappa shape index (κ2) is 9.81. The van der Waals surface area contributed by atoms with Crippen molar-refractivity contribution in [2.45, 2.75) is 12.6 Å². The van der Waals surface area contributed by atoms with Crippen molar-refractivity contribution < 1.29 is 32.0 Å². The number of nitrogens with one attached hydrogen (secondary N) is 2. The molecule has 0 aromatic heterocycles. The number of carbonyl (C=O) groups excluding carboxylic acids is 1. The fourth-order valence-electron chi connectivity index (χ4n) is 3.19. The van der Waals surface area contributed by atoms with Gasteiger partial charge in [-0.2, -0.15) is 13.2 Å². The molecule has 0 atom stereocenters. The summed E-state index contributed by atoms with van der Waals surface area (Å²) in [5.41, 5.74) is -1.39. The van der Waals surface area contributed by atoms with Crippen LogP contribution in [-0.4, -0.2) is 43.7 Å². The van der Waals surface area contributed by atoms with Crippen LogP contribution in [0.5, 0.6) is 0 Å². The smallest absolute Gasteiger partial charge is 0.379 e. The summed E-state index contributed by atoms with van der Waals surface area (Å²) in [7, 11) is 0. The summed E-state index contributed by atoms with van der Waals surface area (Å²) in [4.78, 5) is 24.1. The third-order valence-corrected chi connectivity index (χ3v) is 4.77. The number of ether oxygens (including phenoxy) is 1. The first-order valence-corrected chi connectivity index (χ1v) is 9.67. The molecule has 172 valence electrons. The number of rotatable bonds is 7. The van der Waals surface area contributed by atoms with E-state index in [1.807, 2.05) is 4.90 Å². The van der Waals surface area contributed by atoms with Crippen molar-refractivity contribution in [3.8, 4) is 0 Å². The van der Waals surface area contributed by atoms with Crippen molar-refractivity contribution in [2.24, 2.45) is 0 Å². The summed E-state index contributed by atoms with van der Waals surface area (Å²) in [5, 5.41) is 16.2. The third kappa shape index (κ3) is 5.84. The molecule has 2 N–H and O–H groups in total. The first-order valence-electron chi connectivity index (χ1n) is 9.67. The number of nitrogens with zero attached hydrogens (tertiary/aromatic N) is 2. The van der Waals surface area contributed by atoms with E-state index in [9.17, 15) is 32.5 Å². The molecule has 0 unspecified atom stereocenters. The number of anilines is 3. The molecule has 1 amide bonds. The van der Waals surface area contributed by atoms with E-state index in [2.05, 4.69) is 10.6 Å². The van der Waals surface area contributed by atoms with Crippen LogP contribution in [0.3, 0.4) is 0 Å². The predicted octanol–water partition coefficient (Wildman–Crippen LogP) is 4.03. The highest BCUT2D eigenvalue weighted by molar-refractivity contribution is 5.91. The fourth-order valence-corrected chi connectivity index (χ4v) is 3.19. The first-order chi connectivity index (χ1) is 15.1. The third-order valence-electron chi connectivity index (χ3n) is 4.77. The zero-order chi connectivity index (χ0) is 23.3. The number of halogens is 4. The Morgan fingerprint density at radius 3 is 2.50 bits per heavy atom. The van der Waals surface area contributed by atoms with Gasteiger partial charge in [-0.05, 0) is 30.3 Å². The van der Waals surface area contributed by atoms with Crippen molar-refractivity contribution in [1.82, 2.24) is 0 Å². The summed E-state index contributed by atoms with van der Waals surface area (Å²) in [6, 6.07) is 6.39. The minimum absolute atomic E-state index is 0.0770. The molecule has 1 aliphatic rings. The van der Waals surface area contributed by atoms with E-state index in [1.165, 1.54) is 6.07 Å². The molecule has 0 saturated carbocycles. The lowest BCUT2D eigenvalue weighted by atomic mass is 10.1. The Kier molecular flexibility index (Phi) is 7.13. The maximum absolute atomic E-state index is 14.4. The van der Waals surface area contributed by atoms with E-state index < -0.39 is 34.1 Å². The highest BCUT2D eigenvalue weighted by Crippen LogP contribution is 2.35. The number of carbonyl (C=O) groups is 1. The number of nitro benzene ring substituents is 1. The van der Waals surface area contributed by atoms with Crippen molar-refractivity contribution in [3.63, 3.8) is 0 Å². The van der Waals surface area contributed by atoms with Gasteiger partial charge >= 0.3 is 6.18 Å². The fraction of sp³-hybridized carbons (Fsp3) is 0.350. The van der Waals surface area contributed by atoms with Crippen molar-refractivity contribution in [2.75, 3.05) is 48.4 Å². The predicted molar refractivity (Wildman–Crippen MR) is 109 cm³/mol. The summed E-state index contributed by atoms with van der Waals surface area (Å²) >= 11 is 0. The van der Waals surface area contributed by atoms with Gasteiger partial charge in [0.15, 0.2) is 0 Å². The van der Waals surface area contributed by atoms with Crippen molar-refractivity contribution in [1.29, 1.82) is 0 Å². The van der Waals surface area contributed by atoms with Gasteiger partial charge < -0.3 is 20.3 Å². The molecular weight excluding hydrogens is 436 g/mol. The maximum atomic E-state index is 14.4. The van der Waals surface area contributed by atoms with Crippen LogP contribution < -0.4 is 15.5 Å². The standard InChI is InChI=1S/C20H20F4N4O4/c21-15-12-14(2-4-17(15)27-7-9-32-10-8-27)26-19(29)5-6-25-16-3-1-13(20(22,23)24)11-18(16)28(30)31/h1-4,11-12,25H,5-10H2,(H,26,29). The first kappa shape index (κ1) is 23.3. The quantitative estimate of drug-likeness (QED) is 0.371. The number of morpholine rings is 1. The van der Waals surface area contributed by atoms with Gasteiger partial charge in [0, 0.05) is 37.8 Å². The molecule has 1 fully saturated rings. The number of benzene rings is 2.